The molecule has 10 heteroatoms. The summed E-state index contributed by atoms with van der Waals surface area (Å²) in [6.07, 6.45) is 9.61. The molecule has 0 bridgehead atoms. The molecule has 1 aromatic carbocycles. The van der Waals surface area contributed by atoms with Gasteiger partial charge < -0.3 is 24.8 Å². The number of anilines is 2. The van der Waals surface area contributed by atoms with Crippen LogP contribution in [0.2, 0.25) is 0 Å². The minimum atomic E-state index is -0.948. The van der Waals surface area contributed by atoms with E-state index in [4.69, 9.17) is 14.6 Å². The maximum absolute atomic E-state index is 13.4. The predicted molar refractivity (Wildman–Crippen MR) is 138 cm³/mol. The summed E-state index contributed by atoms with van der Waals surface area (Å²) in [5.41, 5.74) is 2.42. The Labute approximate surface area is 215 Å². The second-order valence-electron chi connectivity index (χ2n) is 9.79. The van der Waals surface area contributed by atoms with Gasteiger partial charge in [-0.15, -0.1) is 0 Å². The van der Waals surface area contributed by atoms with Crippen LogP contribution in [-0.2, 0) is 0 Å². The summed E-state index contributed by atoms with van der Waals surface area (Å²) in [5.74, 6) is 0.489. The number of rotatable bonds is 11. The second-order valence-corrected chi connectivity index (χ2v) is 10.7. The van der Waals surface area contributed by atoms with Gasteiger partial charge in [-0.3, -0.25) is 9.52 Å². The van der Waals surface area contributed by atoms with Crippen molar-refractivity contribution in [1.29, 1.82) is 0 Å². The number of ether oxygens (including phenoxy) is 2. The van der Waals surface area contributed by atoms with Gasteiger partial charge in [0.2, 0.25) is 6.86 Å². The van der Waals surface area contributed by atoms with Crippen molar-refractivity contribution in [1.82, 2.24) is 9.71 Å². The number of aliphatic hydroxyl groups is 1. The van der Waals surface area contributed by atoms with Crippen molar-refractivity contribution in [2.45, 2.75) is 56.1 Å². The zero-order valence-corrected chi connectivity index (χ0v) is 21.1. The van der Waals surface area contributed by atoms with E-state index in [2.05, 4.69) is 19.9 Å². The Balaban J connectivity index is 1.35. The number of carbonyl (C=O) groups is 1. The van der Waals surface area contributed by atoms with Crippen LogP contribution in [0.5, 0.6) is 11.5 Å². The van der Waals surface area contributed by atoms with Crippen LogP contribution in [0.25, 0.3) is 0 Å². The summed E-state index contributed by atoms with van der Waals surface area (Å²) in [4.78, 5) is 20.2. The van der Waals surface area contributed by atoms with Crippen LogP contribution in [0.4, 0.5) is 15.8 Å². The lowest BCUT2D eigenvalue weighted by Crippen LogP contribution is -2.35. The van der Waals surface area contributed by atoms with Crippen molar-refractivity contribution >= 4 is 29.2 Å². The number of nitrogens with zero attached hydrogens (tertiary/aromatic N) is 2. The Kier molecular flexibility index (Phi) is 7.83. The molecular weight excluding hydrogens is 483 g/mol. The quantitative estimate of drug-likeness (QED) is 0.296. The standard InChI is InChI=1S/C26H33FN4O4S/c27-17-34-22-5-4-18(14-23(22)35-19-2-1-3-19)30-25(33)20-16-28-24(36-29-10-13-32)15-21(20)31-11-8-26(6-7-26)9-12-31/h4-5,14-16,19,29,32H,1-3,6-13,17H2,(H,30,33). The zero-order chi connectivity index (χ0) is 25.0. The summed E-state index contributed by atoms with van der Waals surface area (Å²) in [6, 6.07) is 6.94. The third kappa shape index (κ3) is 5.87. The second kappa shape index (κ2) is 11.2. The van der Waals surface area contributed by atoms with Gasteiger partial charge in [0.1, 0.15) is 5.03 Å². The van der Waals surface area contributed by atoms with Crippen LogP contribution in [0, 0.1) is 5.41 Å². The monoisotopic (exact) mass is 516 g/mol. The summed E-state index contributed by atoms with van der Waals surface area (Å²) in [6.45, 7) is 1.36. The Hall–Kier alpha value is -2.56. The zero-order valence-electron chi connectivity index (χ0n) is 20.3. The summed E-state index contributed by atoms with van der Waals surface area (Å²) in [5, 5.41) is 12.8. The van der Waals surface area contributed by atoms with Crippen LogP contribution in [0.15, 0.2) is 35.5 Å². The molecule has 3 aliphatic rings. The normalized spacial score (nSPS) is 18.6. The predicted octanol–water partition coefficient (Wildman–Crippen LogP) is 4.54. The minimum absolute atomic E-state index is 0.0379. The van der Waals surface area contributed by atoms with E-state index >= 15 is 0 Å². The van der Waals surface area contributed by atoms with E-state index in [1.807, 2.05) is 6.07 Å². The largest absolute Gasteiger partial charge is 0.486 e. The summed E-state index contributed by atoms with van der Waals surface area (Å²) < 4.78 is 27.0. The number of alkyl halides is 1. The number of aromatic nitrogens is 1. The fraction of sp³-hybridized carbons (Fsp3) is 0.538. The van der Waals surface area contributed by atoms with Crippen molar-refractivity contribution in [2.24, 2.45) is 5.41 Å². The van der Waals surface area contributed by atoms with Gasteiger partial charge in [0.15, 0.2) is 11.5 Å². The lowest BCUT2D eigenvalue weighted by atomic mass is 9.93. The van der Waals surface area contributed by atoms with E-state index in [-0.39, 0.29) is 18.6 Å². The third-order valence-electron chi connectivity index (χ3n) is 7.37. The Morgan fingerprint density at radius 2 is 2.00 bits per heavy atom. The molecule has 0 unspecified atom stereocenters. The number of nitrogens with one attached hydrogen (secondary N) is 2. The maximum atomic E-state index is 13.4. The number of hydrogen-bond donors (Lipinski definition) is 3. The van der Waals surface area contributed by atoms with Crippen molar-refractivity contribution < 1.29 is 23.8 Å². The first-order valence-electron chi connectivity index (χ1n) is 12.7. The Morgan fingerprint density at radius 1 is 1.19 bits per heavy atom. The van der Waals surface area contributed by atoms with Gasteiger partial charge in [-0.05, 0) is 80.5 Å². The van der Waals surface area contributed by atoms with Gasteiger partial charge in [0.25, 0.3) is 5.91 Å². The minimum Gasteiger partial charge on any atom is -0.486 e. The first-order chi connectivity index (χ1) is 17.6. The number of piperidine rings is 1. The van der Waals surface area contributed by atoms with Gasteiger partial charge >= 0.3 is 0 Å². The highest BCUT2D eigenvalue weighted by molar-refractivity contribution is 7.97. The van der Waals surface area contributed by atoms with Gasteiger partial charge in [0, 0.05) is 37.6 Å². The molecule has 1 spiro atoms. The molecule has 3 fully saturated rings. The number of pyridine rings is 1. The number of benzene rings is 1. The third-order valence-corrected chi connectivity index (χ3v) is 8.15. The highest BCUT2D eigenvalue weighted by atomic mass is 32.2. The van der Waals surface area contributed by atoms with Crippen LogP contribution in [-0.4, -0.2) is 55.2 Å². The molecule has 1 aromatic heterocycles. The molecule has 1 saturated heterocycles. The van der Waals surface area contributed by atoms with E-state index in [1.54, 1.807) is 24.4 Å². The first-order valence-corrected chi connectivity index (χ1v) is 13.5. The van der Waals surface area contributed by atoms with Gasteiger partial charge in [-0.25, -0.2) is 9.37 Å². The highest BCUT2D eigenvalue weighted by Gasteiger charge is 2.44. The van der Waals surface area contributed by atoms with E-state index in [0.29, 0.717) is 34.7 Å². The fourth-order valence-corrected chi connectivity index (χ4v) is 5.33. The van der Waals surface area contributed by atoms with E-state index in [0.717, 1.165) is 55.9 Å². The number of hydrogen-bond acceptors (Lipinski definition) is 8. The van der Waals surface area contributed by atoms with Gasteiger partial charge in [0.05, 0.1) is 24.0 Å². The molecule has 36 heavy (non-hydrogen) atoms. The topological polar surface area (TPSA) is 96.0 Å². The lowest BCUT2D eigenvalue weighted by molar-refractivity contribution is 0.102. The molecule has 194 valence electrons. The molecule has 8 nitrogen and oxygen atoms in total. The fourth-order valence-electron chi connectivity index (χ4n) is 4.71. The smallest absolute Gasteiger partial charge is 0.259 e. The molecule has 2 heterocycles. The number of amides is 1. The van der Waals surface area contributed by atoms with Crippen LogP contribution in [0.3, 0.4) is 0 Å². The van der Waals surface area contributed by atoms with E-state index < -0.39 is 6.86 Å². The maximum Gasteiger partial charge on any atom is 0.259 e. The number of aliphatic hydroxyl groups excluding tert-OH is 1. The molecule has 5 rings (SSSR count). The summed E-state index contributed by atoms with van der Waals surface area (Å²) in [7, 11) is 0. The van der Waals surface area contributed by atoms with Crippen molar-refractivity contribution in [2.75, 3.05) is 43.3 Å². The lowest BCUT2D eigenvalue weighted by Gasteiger charge is -2.35. The van der Waals surface area contributed by atoms with E-state index in [9.17, 15) is 9.18 Å². The molecule has 1 aliphatic heterocycles. The SMILES string of the molecule is O=C(Nc1ccc(OCF)c(OC2CCC2)c1)c1cnc(SNCCO)cc1N1CCC2(CC1)CC2. The molecule has 0 radical (unpaired) electrons. The highest BCUT2D eigenvalue weighted by Crippen LogP contribution is 2.54. The molecule has 3 N–H and O–H groups in total. The Bertz CT molecular complexity index is 1070. The molecule has 2 aliphatic carbocycles. The number of halogens is 1. The molecule has 2 saturated carbocycles. The molecule has 2 aromatic rings. The van der Waals surface area contributed by atoms with Crippen molar-refractivity contribution in [3.8, 4) is 11.5 Å². The Morgan fingerprint density at radius 3 is 2.67 bits per heavy atom. The van der Waals surface area contributed by atoms with Crippen LogP contribution < -0.4 is 24.4 Å². The van der Waals surface area contributed by atoms with Crippen LogP contribution in [0.1, 0.15) is 55.3 Å². The van der Waals surface area contributed by atoms with Gasteiger partial charge in [-0.2, -0.15) is 0 Å². The average Bonchev–Trinajstić information content (AvgIpc) is 3.62. The van der Waals surface area contributed by atoms with Crippen molar-refractivity contribution in [3.05, 3.63) is 36.0 Å². The summed E-state index contributed by atoms with van der Waals surface area (Å²) >= 11 is 1.34. The molecule has 1 amide bonds. The molecule has 0 atom stereocenters. The van der Waals surface area contributed by atoms with Crippen molar-refractivity contribution in [3.63, 3.8) is 0 Å². The van der Waals surface area contributed by atoms with E-state index in [1.165, 1.54) is 24.8 Å². The number of carbonyl (C=O) groups excluding carboxylic acids is 1. The van der Waals surface area contributed by atoms with Crippen LogP contribution >= 0.6 is 11.9 Å². The average molecular weight is 517 g/mol. The van der Waals surface area contributed by atoms with Gasteiger partial charge in [-0.1, -0.05) is 0 Å². The first kappa shape index (κ1) is 25.1. The molecular formula is C26H33FN4O4S.